The lowest BCUT2D eigenvalue weighted by atomic mass is 9.94. The van der Waals surface area contributed by atoms with Gasteiger partial charge in [0.1, 0.15) is 0 Å². The molecule has 0 aliphatic carbocycles. The maximum absolute atomic E-state index is 12.4. The molecule has 31 heavy (non-hydrogen) atoms. The molecule has 2 heterocycles. The van der Waals surface area contributed by atoms with Crippen LogP contribution in [-0.2, 0) is 9.59 Å². The lowest BCUT2D eigenvalue weighted by Gasteiger charge is -2.38. The molecule has 1 saturated heterocycles. The van der Waals surface area contributed by atoms with E-state index in [1.54, 1.807) is 0 Å². The monoisotopic (exact) mass is 445 g/mol. The van der Waals surface area contributed by atoms with Gasteiger partial charge in [-0.3, -0.25) is 9.59 Å². The first-order chi connectivity index (χ1) is 14.6. The summed E-state index contributed by atoms with van der Waals surface area (Å²) >= 11 is 1.22. The van der Waals surface area contributed by atoms with Crippen LogP contribution in [0.3, 0.4) is 0 Å². The Morgan fingerprint density at radius 2 is 1.74 bits per heavy atom. The van der Waals surface area contributed by atoms with Gasteiger partial charge in [-0.1, -0.05) is 46.4 Å². The van der Waals surface area contributed by atoms with Crippen LogP contribution >= 0.6 is 11.8 Å². The molecular formula is C22H31N5O3S. The average molecular weight is 446 g/mol. The van der Waals surface area contributed by atoms with Gasteiger partial charge in [-0.05, 0) is 24.3 Å². The molecule has 1 aromatic carbocycles. The molecule has 1 fully saturated rings. The molecule has 2 aromatic rings. The molecule has 1 aliphatic heterocycles. The van der Waals surface area contributed by atoms with Crippen LogP contribution in [0.1, 0.15) is 46.4 Å². The highest BCUT2D eigenvalue weighted by Crippen LogP contribution is 2.23. The fourth-order valence-corrected chi connectivity index (χ4v) is 3.80. The van der Waals surface area contributed by atoms with Crippen LogP contribution in [0.2, 0.25) is 0 Å². The largest absolute Gasteiger partial charge is 0.416 e. The summed E-state index contributed by atoms with van der Waals surface area (Å²) in [5, 5.41) is 11.2. The SMILES string of the molecule is CC(C)c1nnc(SCC(=O)Nc2ccc(N3CCN(C(=O)C(C)(C)C)CC3)cc2)o1. The van der Waals surface area contributed by atoms with Gasteiger partial charge in [0.05, 0.1) is 5.75 Å². The van der Waals surface area contributed by atoms with Gasteiger partial charge < -0.3 is 19.5 Å². The molecule has 0 saturated carbocycles. The number of carbonyl (C=O) groups is 2. The van der Waals surface area contributed by atoms with Crippen LogP contribution in [0.15, 0.2) is 33.9 Å². The van der Waals surface area contributed by atoms with Crippen molar-refractivity contribution in [2.75, 3.05) is 42.1 Å². The number of carbonyl (C=O) groups excluding carboxylic acids is 2. The second-order valence-electron chi connectivity index (χ2n) is 8.97. The smallest absolute Gasteiger partial charge is 0.277 e. The van der Waals surface area contributed by atoms with Gasteiger partial charge in [0.15, 0.2) is 0 Å². The molecule has 0 atom stereocenters. The number of rotatable bonds is 6. The van der Waals surface area contributed by atoms with Gasteiger partial charge in [0, 0.05) is 48.9 Å². The number of hydrogen-bond acceptors (Lipinski definition) is 7. The third kappa shape index (κ3) is 6.22. The number of nitrogens with one attached hydrogen (secondary N) is 1. The number of hydrogen-bond donors (Lipinski definition) is 1. The van der Waals surface area contributed by atoms with Crippen molar-refractivity contribution >= 4 is 35.0 Å². The number of anilines is 2. The standard InChI is InChI=1S/C22H31N5O3S/c1-15(2)19-24-25-21(30-19)31-14-18(28)23-16-6-8-17(9-7-16)26-10-12-27(13-11-26)20(29)22(3,4)5/h6-9,15H,10-14H2,1-5H3,(H,23,28). The van der Waals surface area contributed by atoms with E-state index in [4.69, 9.17) is 4.42 Å². The maximum atomic E-state index is 12.4. The number of thioether (sulfide) groups is 1. The minimum absolute atomic E-state index is 0.128. The van der Waals surface area contributed by atoms with Crippen LogP contribution in [0, 0.1) is 5.41 Å². The Hall–Kier alpha value is -2.55. The molecule has 8 nitrogen and oxygen atoms in total. The van der Waals surface area contributed by atoms with Crippen molar-refractivity contribution in [2.45, 2.75) is 45.8 Å². The minimum atomic E-state index is -0.347. The molecule has 1 N–H and O–H groups in total. The topological polar surface area (TPSA) is 91.6 Å². The first kappa shape index (κ1) is 23.1. The molecule has 0 bridgehead atoms. The number of aromatic nitrogens is 2. The number of amides is 2. The summed E-state index contributed by atoms with van der Waals surface area (Å²) in [6.45, 7) is 12.9. The van der Waals surface area contributed by atoms with Gasteiger partial charge in [0.2, 0.25) is 17.7 Å². The predicted molar refractivity (Wildman–Crippen MR) is 122 cm³/mol. The van der Waals surface area contributed by atoms with Crippen molar-refractivity contribution < 1.29 is 14.0 Å². The van der Waals surface area contributed by atoms with Crippen molar-refractivity contribution in [1.29, 1.82) is 0 Å². The van der Waals surface area contributed by atoms with Crippen molar-refractivity contribution in [1.82, 2.24) is 15.1 Å². The van der Waals surface area contributed by atoms with Crippen molar-refractivity contribution in [3.63, 3.8) is 0 Å². The van der Waals surface area contributed by atoms with E-state index in [1.165, 1.54) is 11.8 Å². The molecule has 0 radical (unpaired) electrons. The van der Waals surface area contributed by atoms with Crippen LogP contribution in [0.5, 0.6) is 0 Å². The Kier molecular flexibility index (Phi) is 7.25. The Morgan fingerprint density at radius 3 is 2.29 bits per heavy atom. The van der Waals surface area contributed by atoms with E-state index in [1.807, 2.05) is 63.8 Å². The van der Waals surface area contributed by atoms with Crippen LogP contribution in [0.25, 0.3) is 0 Å². The average Bonchev–Trinajstić information content (AvgIpc) is 3.21. The molecule has 0 unspecified atom stereocenters. The Balaban J connectivity index is 1.46. The summed E-state index contributed by atoms with van der Waals surface area (Å²) in [4.78, 5) is 28.9. The number of nitrogens with zero attached hydrogens (tertiary/aromatic N) is 4. The van der Waals surface area contributed by atoms with Gasteiger partial charge in [-0.25, -0.2) is 0 Å². The number of piperazine rings is 1. The van der Waals surface area contributed by atoms with Crippen molar-refractivity contribution in [3.8, 4) is 0 Å². The van der Waals surface area contributed by atoms with E-state index >= 15 is 0 Å². The summed E-state index contributed by atoms with van der Waals surface area (Å²) in [6, 6.07) is 7.79. The molecule has 0 spiro atoms. The predicted octanol–water partition coefficient (Wildman–Crippen LogP) is 3.62. The first-order valence-electron chi connectivity index (χ1n) is 10.5. The second-order valence-corrected chi connectivity index (χ2v) is 9.90. The first-order valence-corrected chi connectivity index (χ1v) is 11.5. The molecule has 2 amide bonds. The highest BCUT2D eigenvalue weighted by molar-refractivity contribution is 7.99. The fraction of sp³-hybridized carbons (Fsp3) is 0.545. The van der Waals surface area contributed by atoms with Gasteiger partial charge >= 0.3 is 0 Å². The van der Waals surface area contributed by atoms with Gasteiger partial charge in [0.25, 0.3) is 5.22 Å². The molecular weight excluding hydrogens is 414 g/mol. The Labute approximate surface area is 187 Å². The van der Waals surface area contributed by atoms with Crippen molar-refractivity contribution in [3.05, 3.63) is 30.2 Å². The van der Waals surface area contributed by atoms with E-state index in [2.05, 4.69) is 20.4 Å². The quantitative estimate of drug-likeness (QED) is 0.679. The number of benzene rings is 1. The lowest BCUT2D eigenvalue weighted by Crippen LogP contribution is -2.51. The van der Waals surface area contributed by atoms with Crippen LogP contribution < -0.4 is 10.2 Å². The highest BCUT2D eigenvalue weighted by Gasteiger charge is 2.29. The van der Waals surface area contributed by atoms with Gasteiger partial charge in [-0.15, -0.1) is 10.2 Å². The molecule has 168 valence electrons. The molecule has 9 heteroatoms. The van der Waals surface area contributed by atoms with Crippen molar-refractivity contribution in [2.24, 2.45) is 5.41 Å². The minimum Gasteiger partial charge on any atom is -0.416 e. The zero-order chi connectivity index (χ0) is 22.6. The van der Waals surface area contributed by atoms with Crippen LogP contribution in [0.4, 0.5) is 11.4 Å². The third-order valence-electron chi connectivity index (χ3n) is 4.97. The summed E-state index contributed by atoms with van der Waals surface area (Å²) in [6.07, 6.45) is 0. The maximum Gasteiger partial charge on any atom is 0.277 e. The Bertz CT molecular complexity index is 897. The second kappa shape index (κ2) is 9.72. The third-order valence-corrected chi connectivity index (χ3v) is 5.79. The zero-order valence-electron chi connectivity index (χ0n) is 18.8. The fourth-order valence-electron chi connectivity index (χ4n) is 3.23. The zero-order valence-corrected chi connectivity index (χ0v) is 19.7. The van der Waals surface area contributed by atoms with E-state index in [-0.39, 0.29) is 28.9 Å². The molecule has 3 rings (SSSR count). The van der Waals surface area contributed by atoms with Crippen LogP contribution in [-0.4, -0.2) is 58.8 Å². The highest BCUT2D eigenvalue weighted by atomic mass is 32.2. The Morgan fingerprint density at radius 1 is 1.10 bits per heavy atom. The van der Waals surface area contributed by atoms with E-state index < -0.39 is 0 Å². The summed E-state index contributed by atoms with van der Waals surface area (Å²) in [5.41, 5.74) is 1.48. The van der Waals surface area contributed by atoms with E-state index in [0.717, 1.165) is 37.6 Å². The molecule has 1 aliphatic rings. The normalized spacial score (nSPS) is 14.8. The van der Waals surface area contributed by atoms with Gasteiger partial charge in [-0.2, -0.15) is 0 Å². The van der Waals surface area contributed by atoms with E-state index in [0.29, 0.717) is 11.1 Å². The summed E-state index contributed by atoms with van der Waals surface area (Å²) < 4.78 is 5.50. The lowest BCUT2D eigenvalue weighted by molar-refractivity contribution is -0.139. The van der Waals surface area contributed by atoms with E-state index in [9.17, 15) is 9.59 Å². The summed E-state index contributed by atoms with van der Waals surface area (Å²) in [5.74, 6) is 1.00. The summed E-state index contributed by atoms with van der Waals surface area (Å²) in [7, 11) is 0. The molecule has 1 aromatic heterocycles.